The molecule has 0 aliphatic rings. The number of nitrogens with zero attached hydrogens (tertiary/aromatic N) is 1. The molecule has 2 N–H and O–H groups in total. The molecule has 0 radical (unpaired) electrons. The summed E-state index contributed by atoms with van der Waals surface area (Å²) in [4.78, 5) is 2.14. The molecule has 0 bridgehead atoms. The molecule has 4 heteroatoms. The van der Waals surface area contributed by atoms with Crippen molar-refractivity contribution in [2.75, 3.05) is 34.3 Å². The van der Waals surface area contributed by atoms with E-state index in [-0.39, 0.29) is 11.8 Å². The van der Waals surface area contributed by atoms with Crippen LogP contribution in [0.5, 0.6) is 11.5 Å². The maximum Gasteiger partial charge on any atom is 0.160 e. The Morgan fingerprint density at radius 1 is 1.41 bits per heavy atom. The molecule has 96 valence electrons. The van der Waals surface area contributed by atoms with Crippen LogP contribution in [0, 0.1) is 0 Å². The Bertz CT molecular complexity index is 353. The summed E-state index contributed by atoms with van der Waals surface area (Å²) in [5.74, 6) is 0.695. The third-order valence-electron chi connectivity index (χ3n) is 2.71. The highest BCUT2D eigenvalue weighted by molar-refractivity contribution is 5.42. The summed E-state index contributed by atoms with van der Waals surface area (Å²) >= 11 is 0. The van der Waals surface area contributed by atoms with Gasteiger partial charge in [-0.2, -0.15) is 0 Å². The Balaban J connectivity index is 2.59. The van der Waals surface area contributed by atoms with E-state index in [0.29, 0.717) is 5.75 Å². The minimum Gasteiger partial charge on any atom is -0.504 e. The second-order valence-corrected chi connectivity index (χ2v) is 4.41. The number of rotatable bonds is 6. The van der Waals surface area contributed by atoms with Gasteiger partial charge in [0.2, 0.25) is 0 Å². The minimum atomic E-state index is 0.178. The van der Waals surface area contributed by atoms with Crippen LogP contribution in [0.2, 0.25) is 0 Å². The summed E-state index contributed by atoms with van der Waals surface area (Å²) < 4.78 is 5.09. The Labute approximate surface area is 103 Å². The second-order valence-electron chi connectivity index (χ2n) is 4.41. The Kier molecular flexibility index (Phi) is 5.25. The van der Waals surface area contributed by atoms with Crippen LogP contribution in [0.4, 0.5) is 0 Å². The lowest BCUT2D eigenvalue weighted by molar-refractivity contribution is 0.370. The highest BCUT2D eigenvalue weighted by Crippen LogP contribution is 2.28. The van der Waals surface area contributed by atoms with Gasteiger partial charge in [0.1, 0.15) is 0 Å². The van der Waals surface area contributed by atoms with E-state index >= 15 is 0 Å². The molecule has 1 unspecified atom stereocenters. The number of aromatic hydroxyl groups is 1. The quantitative estimate of drug-likeness (QED) is 0.790. The zero-order valence-corrected chi connectivity index (χ0v) is 11.0. The standard InChI is InChI=1S/C13H22N2O2/c1-10(14-7-8-15(2)3)11-5-6-12(16)13(9-11)17-4/h5-6,9-10,14,16H,7-8H2,1-4H3. The number of methoxy groups -OCH3 is 1. The number of phenols is 1. The number of benzene rings is 1. The number of hydrogen-bond donors (Lipinski definition) is 2. The average Bonchev–Trinajstić information content (AvgIpc) is 2.29. The van der Waals surface area contributed by atoms with Crippen molar-refractivity contribution in [2.24, 2.45) is 0 Å². The fourth-order valence-electron chi connectivity index (χ4n) is 1.59. The van der Waals surface area contributed by atoms with E-state index in [1.807, 2.05) is 12.1 Å². The summed E-state index contributed by atoms with van der Waals surface area (Å²) in [6.45, 7) is 4.03. The van der Waals surface area contributed by atoms with Crippen molar-refractivity contribution in [1.82, 2.24) is 10.2 Å². The van der Waals surface area contributed by atoms with Crippen LogP contribution in [0.3, 0.4) is 0 Å². The van der Waals surface area contributed by atoms with Gasteiger partial charge in [-0.3, -0.25) is 0 Å². The number of nitrogens with one attached hydrogen (secondary N) is 1. The van der Waals surface area contributed by atoms with Gasteiger partial charge in [0, 0.05) is 19.1 Å². The maximum absolute atomic E-state index is 9.51. The summed E-state index contributed by atoms with van der Waals surface area (Å²) in [5, 5.41) is 12.9. The molecule has 0 aliphatic heterocycles. The molecule has 0 saturated carbocycles. The van der Waals surface area contributed by atoms with Crippen LogP contribution in [0.1, 0.15) is 18.5 Å². The number of hydrogen-bond acceptors (Lipinski definition) is 4. The van der Waals surface area contributed by atoms with Crippen molar-refractivity contribution in [3.63, 3.8) is 0 Å². The average molecular weight is 238 g/mol. The van der Waals surface area contributed by atoms with Gasteiger partial charge in [0.05, 0.1) is 7.11 Å². The first-order valence-corrected chi connectivity index (χ1v) is 5.79. The third-order valence-corrected chi connectivity index (χ3v) is 2.71. The van der Waals surface area contributed by atoms with Crippen LogP contribution < -0.4 is 10.1 Å². The van der Waals surface area contributed by atoms with Crippen LogP contribution in [-0.4, -0.2) is 44.3 Å². The first-order valence-electron chi connectivity index (χ1n) is 5.79. The summed E-state index contributed by atoms with van der Waals surface area (Å²) in [7, 11) is 5.66. The highest BCUT2D eigenvalue weighted by Gasteiger charge is 2.08. The van der Waals surface area contributed by atoms with E-state index in [2.05, 4.69) is 31.2 Å². The normalized spacial score (nSPS) is 12.8. The molecule has 0 saturated heterocycles. The molecule has 1 rings (SSSR count). The Morgan fingerprint density at radius 3 is 2.71 bits per heavy atom. The van der Waals surface area contributed by atoms with E-state index < -0.39 is 0 Å². The van der Waals surface area contributed by atoms with Crippen LogP contribution in [0.25, 0.3) is 0 Å². The summed E-state index contributed by atoms with van der Waals surface area (Å²) in [6, 6.07) is 5.68. The lowest BCUT2D eigenvalue weighted by Crippen LogP contribution is -2.28. The lowest BCUT2D eigenvalue weighted by atomic mass is 10.1. The van der Waals surface area contributed by atoms with Gasteiger partial charge in [-0.1, -0.05) is 6.07 Å². The molecule has 0 spiro atoms. The fourth-order valence-corrected chi connectivity index (χ4v) is 1.59. The second kappa shape index (κ2) is 6.47. The molecule has 0 amide bonds. The van der Waals surface area contributed by atoms with Crippen molar-refractivity contribution in [1.29, 1.82) is 0 Å². The Hall–Kier alpha value is -1.26. The first-order chi connectivity index (χ1) is 8.04. The van der Waals surface area contributed by atoms with Gasteiger partial charge in [0.25, 0.3) is 0 Å². The Morgan fingerprint density at radius 2 is 2.12 bits per heavy atom. The van der Waals surface area contributed by atoms with Crippen LogP contribution in [-0.2, 0) is 0 Å². The lowest BCUT2D eigenvalue weighted by Gasteiger charge is -2.17. The van der Waals surface area contributed by atoms with E-state index in [1.165, 1.54) is 0 Å². The SMILES string of the molecule is COc1cc(C(C)NCCN(C)C)ccc1O. The predicted molar refractivity (Wildman–Crippen MR) is 69.6 cm³/mol. The number of phenolic OH excluding ortho intramolecular Hbond substituents is 1. The number of likely N-dealkylation sites (N-methyl/N-ethyl adjacent to an activating group) is 1. The van der Waals surface area contributed by atoms with E-state index in [0.717, 1.165) is 18.7 Å². The molecule has 0 fully saturated rings. The molecule has 4 nitrogen and oxygen atoms in total. The molecule has 1 aromatic carbocycles. The molecule has 0 heterocycles. The fraction of sp³-hybridized carbons (Fsp3) is 0.538. The van der Waals surface area contributed by atoms with Crippen molar-refractivity contribution < 1.29 is 9.84 Å². The van der Waals surface area contributed by atoms with Gasteiger partial charge in [-0.05, 0) is 38.7 Å². The first kappa shape index (κ1) is 13.8. The van der Waals surface area contributed by atoms with E-state index in [4.69, 9.17) is 4.74 Å². The molecule has 17 heavy (non-hydrogen) atoms. The van der Waals surface area contributed by atoms with E-state index in [9.17, 15) is 5.11 Å². The van der Waals surface area contributed by atoms with Crippen molar-refractivity contribution in [3.05, 3.63) is 23.8 Å². The monoisotopic (exact) mass is 238 g/mol. The smallest absolute Gasteiger partial charge is 0.160 e. The summed E-state index contributed by atoms with van der Waals surface area (Å²) in [6.07, 6.45) is 0. The van der Waals surface area contributed by atoms with Crippen molar-refractivity contribution in [3.8, 4) is 11.5 Å². The largest absolute Gasteiger partial charge is 0.504 e. The molecule has 1 aromatic rings. The van der Waals surface area contributed by atoms with Gasteiger partial charge in [-0.15, -0.1) is 0 Å². The zero-order valence-electron chi connectivity index (χ0n) is 11.0. The topological polar surface area (TPSA) is 44.7 Å². The van der Waals surface area contributed by atoms with E-state index in [1.54, 1.807) is 13.2 Å². The zero-order chi connectivity index (χ0) is 12.8. The van der Waals surface area contributed by atoms with Crippen molar-refractivity contribution in [2.45, 2.75) is 13.0 Å². The number of ether oxygens (including phenoxy) is 1. The predicted octanol–water partition coefficient (Wildman–Crippen LogP) is 1.61. The van der Waals surface area contributed by atoms with Crippen molar-refractivity contribution >= 4 is 0 Å². The van der Waals surface area contributed by atoms with Crippen LogP contribution in [0.15, 0.2) is 18.2 Å². The molecular weight excluding hydrogens is 216 g/mol. The van der Waals surface area contributed by atoms with Gasteiger partial charge >= 0.3 is 0 Å². The highest BCUT2D eigenvalue weighted by atomic mass is 16.5. The van der Waals surface area contributed by atoms with Gasteiger partial charge in [-0.25, -0.2) is 0 Å². The molecule has 0 aliphatic carbocycles. The molecular formula is C13H22N2O2. The van der Waals surface area contributed by atoms with Crippen LogP contribution >= 0.6 is 0 Å². The maximum atomic E-state index is 9.51. The third kappa shape index (κ3) is 4.24. The van der Waals surface area contributed by atoms with Gasteiger partial charge < -0.3 is 20.1 Å². The minimum absolute atomic E-state index is 0.178. The molecule has 0 aromatic heterocycles. The molecule has 1 atom stereocenters. The van der Waals surface area contributed by atoms with Gasteiger partial charge in [0.15, 0.2) is 11.5 Å². The summed E-state index contributed by atoms with van der Waals surface area (Å²) in [5.41, 5.74) is 1.11.